The SMILES string of the molecule is CCCN(CCC)c1nc(CCl)co1. The zero-order chi connectivity index (χ0) is 10.4. The number of rotatable bonds is 6. The summed E-state index contributed by atoms with van der Waals surface area (Å²) in [5.41, 5.74) is 0.805. The van der Waals surface area contributed by atoms with Crippen molar-refractivity contribution in [1.29, 1.82) is 0 Å². The molecule has 0 aliphatic rings. The fourth-order valence-electron chi connectivity index (χ4n) is 1.35. The van der Waals surface area contributed by atoms with Gasteiger partial charge in [-0.25, -0.2) is 0 Å². The number of aromatic nitrogens is 1. The van der Waals surface area contributed by atoms with E-state index in [9.17, 15) is 0 Å². The van der Waals surface area contributed by atoms with E-state index < -0.39 is 0 Å². The first-order valence-electron chi connectivity index (χ1n) is 5.07. The molecule has 0 fully saturated rings. The molecule has 0 aromatic carbocycles. The van der Waals surface area contributed by atoms with Crippen molar-refractivity contribution in [2.45, 2.75) is 32.6 Å². The van der Waals surface area contributed by atoms with Crippen LogP contribution in [-0.2, 0) is 5.88 Å². The maximum absolute atomic E-state index is 5.66. The standard InChI is InChI=1S/C10H17ClN2O/c1-3-5-13(6-4-2)10-12-9(7-11)8-14-10/h8H,3-7H2,1-2H3. The van der Waals surface area contributed by atoms with E-state index in [-0.39, 0.29) is 0 Å². The van der Waals surface area contributed by atoms with Gasteiger partial charge in [-0.1, -0.05) is 13.8 Å². The Kier molecular flexibility index (Phi) is 4.80. The molecule has 0 bridgehead atoms. The van der Waals surface area contributed by atoms with Crippen LogP contribution in [0.4, 0.5) is 6.01 Å². The minimum atomic E-state index is 0.412. The van der Waals surface area contributed by atoms with Crippen LogP contribution in [0.5, 0.6) is 0 Å². The second-order valence-corrected chi connectivity index (χ2v) is 3.51. The Labute approximate surface area is 90.1 Å². The molecule has 1 aromatic rings. The number of anilines is 1. The van der Waals surface area contributed by atoms with Gasteiger partial charge in [0.05, 0.1) is 11.6 Å². The Morgan fingerprint density at radius 3 is 2.43 bits per heavy atom. The van der Waals surface area contributed by atoms with E-state index in [1.54, 1.807) is 6.26 Å². The Morgan fingerprint density at radius 1 is 1.36 bits per heavy atom. The van der Waals surface area contributed by atoms with Crippen LogP contribution < -0.4 is 4.90 Å². The van der Waals surface area contributed by atoms with Gasteiger partial charge in [-0.3, -0.25) is 0 Å². The molecular weight excluding hydrogens is 200 g/mol. The van der Waals surface area contributed by atoms with Gasteiger partial charge in [-0.2, -0.15) is 4.98 Å². The van der Waals surface area contributed by atoms with Gasteiger partial charge in [0.1, 0.15) is 6.26 Å². The first kappa shape index (κ1) is 11.4. The number of hydrogen-bond acceptors (Lipinski definition) is 3. The number of nitrogens with zero attached hydrogens (tertiary/aromatic N) is 2. The molecule has 0 radical (unpaired) electrons. The maximum Gasteiger partial charge on any atom is 0.297 e. The Balaban J connectivity index is 2.65. The summed E-state index contributed by atoms with van der Waals surface area (Å²) in [4.78, 5) is 6.44. The average molecular weight is 217 g/mol. The Bertz CT molecular complexity index is 256. The highest BCUT2D eigenvalue weighted by Crippen LogP contribution is 2.15. The van der Waals surface area contributed by atoms with Crippen molar-refractivity contribution < 1.29 is 4.42 Å². The van der Waals surface area contributed by atoms with E-state index in [0.717, 1.165) is 31.6 Å². The average Bonchev–Trinajstić information content (AvgIpc) is 2.65. The van der Waals surface area contributed by atoms with Gasteiger partial charge in [-0.15, -0.1) is 11.6 Å². The highest BCUT2D eigenvalue weighted by atomic mass is 35.5. The van der Waals surface area contributed by atoms with Crippen LogP contribution in [0.2, 0.25) is 0 Å². The lowest BCUT2D eigenvalue weighted by Crippen LogP contribution is -2.25. The maximum atomic E-state index is 5.66. The van der Waals surface area contributed by atoms with Crippen molar-refractivity contribution in [2.24, 2.45) is 0 Å². The molecule has 0 N–H and O–H groups in total. The lowest BCUT2D eigenvalue weighted by atomic mass is 10.4. The summed E-state index contributed by atoms with van der Waals surface area (Å²) >= 11 is 5.66. The normalized spacial score (nSPS) is 10.5. The molecule has 80 valence electrons. The van der Waals surface area contributed by atoms with E-state index in [0.29, 0.717) is 11.9 Å². The fraction of sp³-hybridized carbons (Fsp3) is 0.700. The summed E-state index contributed by atoms with van der Waals surface area (Å²) < 4.78 is 5.35. The smallest absolute Gasteiger partial charge is 0.297 e. The summed E-state index contributed by atoms with van der Waals surface area (Å²) in [5, 5.41) is 0. The second kappa shape index (κ2) is 5.91. The van der Waals surface area contributed by atoms with Gasteiger partial charge in [-0.05, 0) is 12.8 Å². The summed E-state index contributed by atoms with van der Waals surface area (Å²) in [5.74, 6) is 0.412. The molecule has 0 atom stereocenters. The molecule has 0 saturated heterocycles. The van der Waals surface area contributed by atoms with Crippen molar-refractivity contribution in [2.75, 3.05) is 18.0 Å². The number of halogens is 1. The lowest BCUT2D eigenvalue weighted by Gasteiger charge is -2.18. The lowest BCUT2D eigenvalue weighted by molar-refractivity contribution is 0.528. The van der Waals surface area contributed by atoms with Crippen molar-refractivity contribution in [3.05, 3.63) is 12.0 Å². The van der Waals surface area contributed by atoms with E-state index in [2.05, 4.69) is 23.7 Å². The molecule has 3 nitrogen and oxygen atoms in total. The zero-order valence-electron chi connectivity index (χ0n) is 8.79. The van der Waals surface area contributed by atoms with E-state index in [4.69, 9.17) is 16.0 Å². The van der Waals surface area contributed by atoms with Crippen LogP contribution in [0.25, 0.3) is 0 Å². The summed E-state index contributed by atoms with van der Waals surface area (Å²) in [7, 11) is 0. The molecule has 0 spiro atoms. The molecule has 0 saturated carbocycles. The van der Waals surface area contributed by atoms with Crippen LogP contribution >= 0.6 is 11.6 Å². The first-order chi connectivity index (χ1) is 6.81. The second-order valence-electron chi connectivity index (χ2n) is 3.24. The Hall–Kier alpha value is -0.700. The van der Waals surface area contributed by atoms with Crippen LogP contribution in [0.3, 0.4) is 0 Å². The van der Waals surface area contributed by atoms with E-state index >= 15 is 0 Å². The predicted molar refractivity (Wildman–Crippen MR) is 58.9 cm³/mol. The molecule has 1 heterocycles. The van der Waals surface area contributed by atoms with Crippen LogP contribution in [0.1, 0.15) is 32.4 Å². The number of hydrogen-bond donors (Lipinski definition) is 0. The third-order valence-corrected chi connectivity index (χ3v) is 2.21. The minimum absolute atomic E-state index is 0.412. The fourth-order valence-corrected chi connectivity index (χ4v) is 1.47. The molecule has 4 heteroatoms. The topological polar surface area (TPSA) is 29.3 Å². The Morgan fingerprint density at radius 2 is 2.00 bits per heavy atom. The van der Waals surface area contributed by atoms with E-state index in [1.165, 1.54) is 0 Å². The molecular formula is C10H17ClN2O. The van der Waals surface area contributed by atoms with Crippen molar-refractivity contribution in [3.8, 4) is 0 Å². The third-order valence-electron chi connectivity index (χ3n) is 1.93. The number of alkyl halides is 1. The van der Waals surface area contributed by atoms with Crippen LogP contribution in [0.15, 0.2) is 10.7 Å². The molecule has 0 aliphatic carbocycles. The molecule has 1 aromatic heterocycles. The van der Waals surface area contributed by atoms with Crippen LogP contribution in [0, 0.1) is 0 Å². The summed E-state index contributed by atoms with van der Waals surface area (Å²) in [6.45, 7) is 6.26. The molecule has 0 aliphatic heterocycles. The van der Waals surface area contributed by atoms with Gasteiger partial charge < -0.3 is 9.32 Å². The quantitative estimate of drug-likeness (QED) is 0.685. The van der Waals surface area contributed by atoms with Crippen LogP contribution in [-0.4, -0.2) is 18.1 Å². The van der Waals surface area contributed by atoms with Gasteiger partial charge in [0, 0.05) is 13.1 Å². The van der Waals surface area contributed by atoms with Gasteiger partial charge in [0.25, 0.3) is 6.01 Å². The minimum Gasteiger partial charge on any atom is -0.432 e. The van der Waals surface area contributed by atoms with Gasteiger partial charge >= 0.3 is 0 Å². The van der Waals surface area contributed by atoms with Crippen molar-refractivity contribution >= 4 is 17.6 Å². The van der Waals surface area contributed by atoms with Gasteiger partial charge in [0.2, 0.25) is 0 Å². The summed E-state index contributed by atoms with van der Waals surface area (Å²) in [6.07, 6.45) is 3.82. The van der Waals surface area contributed by atoms with Crippen molar-refractivity contribution in [3.63, 3.8) is 0 Å². The largest absolute Gasteiger partial charge is 0.432 e. The molecule has 0 amide bonds. The highest BCUT2D eigenvalue weighted by Gasteiger charge is 2.10. The summed E-state index contributed by atoms with van der Waals surface area (Å²) in [6, 6.07) is 0.698. The van der Waals surface area contributed by atoms with Crippen molar-refractivity contribution in [1.82, 2.24) is 4.98 Å². The van der Waals surface area contributed by atoms with Gasteiger partial charge in [0.15, 0.2) is 0 Å². The van der Waals surface area contributed by atoms with E-state index in [1.807, 2.05) is 0 Å². The molecule has 14 heavy (non-hydrogen) atoms. The third kappa shape index (κ3) is 2.91. The number of oxazole rings is 1. The highest BCUT2D eigenvalue weighted by molar-refractivity contribution is 6.16. The zero-order valence-corrected chi connectivity index (χ0v) is 9.55. The molecule has 0 unspecified atom stereocenters. The first-order valence-corrected chi connectivity index (χ1v) is 5.60. The molecule has 1 rings (SSSR count). The monoisotopic (exact) mass is 216 g/mol. The predicted octanol–water partition coefficient (Wildman–Crippen LogP) is 3.04.